The van der Waals surface area contributed by atoms with Gasteiger partial charge in [-0.15, -0.1) is 47.2 Å². The Morgan fingerprint density at radius 2 is 1.44 bits per heavy atom. The number of pyridine rings is 1. The van der Waals surface area contributed by atoms with Crippen molar-refractivity contribution in [3.8, 4) is 11.3 Å². The minimum atomic E-state index is -0.167. The van der Waals surface area contributed by atoms with Crippen molar-refractivity contribution in [2.24, 2.45) is 0 Å². The monoisotopic (exact) mass is 680 g/mol. The van der Waals surface area contributed by atoms with E-state index in [4.69, 9.17) is 30.2 Å². The molecular formula is C28H27IrN2S3. The van der Waals surface area contributed by atoms with Gasteiger partial charge in [0.25, 0.3) is 0 Å². The molecule has 0 aliphatic heterocycles. The largest absolute Gasteiger partial charge is 3.00 e. The Balaban J connectivity index is 0.000000255. The molecule has 176 valence electrons. The Kier molecular flexibility index (Phi) is 9.62. The van der Waals surface area contributed by atoms with Gasteiger partial charge in [-0.2, -0.15) is 0 Å². The first-order chi connectivity index (χ1) is 15.9. The van der Waals surface area contributed by atoms with Gasteiger partial charge in [0.15, 0.2) is 0 Å². The molecule has 0 atom stereocenters. The molecule has 5 aromatic rings. The van der Waals surface area contributed by atoms with Crippen LogP contribution in [-0.2, 0) is 45.4 Å². The number of thiophene rings is 1. The van der Waals surface area contributed by atoms with Crippen LogP contribution in [0.3, 0.4) is 0 Å². The molecule has 0 spiro atoms. The van der Waals surface area contributed by atoms with Gasteiger partial charge in [0.2, 0.25) is 0 Å². The van der Waals surface area contributed by atoms with Crippen LogP contribution in [0.2, 0.25) is 0 Å². The Hall–Kier alpha value is -1.40. The van der Waals surface area contributed by atoms with Crippen molar-refractivity contribution in [3.63, 3.8) is 0 Å². The Bertz CT molecular complexity index is 1340. The third-order valence-corrected chi connectivity index (χ3v) is 7.28. The molecule has 2 aromatic heterocycles. The summed E-state index contributed by atoms with van der Waals surface area (Å²) in [6.45, 7) is 8.47. The molecule has 34 heavy (non-hydrogen) atoms. The first kappa shape index (κ1) is 27.2. The molecule has 3 aromatic carbocycles. The van der Waals surface area contributed by atoms with E-state index >= 15 is 0 Å². The average Bonchev–Trinajstić information content (AvgIpc) is 3.18. The normalized spacial score (nSPS) is 11.5. The summed E-state index contributed by atoms with van der Waals surface area (Å²) in [4.78, 5) is 7.08. The van der Waals surface area contributed by atoms with Gasteiger partial charge in [0, 0.05) is 43.3 Å². The van der Waals surface area contributed by atoms with Gasteiger partial charge in [0.1, 0.15) is 0 Å². The quantitative estimate of drug-likeness (QED) is 0.144. The van der Waals surface area contributed by atoms with Crippen LogP contribution in [0.15, 0.2) is 72.8 Å². The Morgan fingerprint density at radius 3 is 2.03 bits per heavy atom. The van der Waals surface area contributed by atoms with E-state index in [-0.39, 0.29) is 24.8 Å². The maximum absolute atomic E-state index is 4.99. The first-order valence-corrected chi connectivity index (χ1v) is 12.9. The van der Waals surface area contributed by atoms with E-state index in [0.717, 1.165) is 16.8 Å². The molecule has 0 amide bonds. The third-order valence-electron chi connectivity index (χ3n) is 5.62. The van der Waals surface area contributed by atoms with E-state index < -0.39 is 0 Å². The molecule has 2 nitrogen and oxygen atoms in total. The van der Waals surface area contributed by atoms with E-state index in [0.29, 0.717) is 12.1 Å². The zero-order valence-electron chi connectivity index (χ0n) is 19.6. The van der Waals surface area contributed by atoms with Crippen molar-refractivity contribution in [2.75, 3.05) is 0 Å². The topological polar surface area (TPSA) is 16.1 Å². The number of aromatic nitrogens is 1. The summed E-state index contributed by atoms with van der Waals surface area (Å²) in [5.41, 5.74) is 3.12. The smallest absolute Gasteiger partial charge is 0.800 e. The molecule has 0 saturated carbocycles. The molecule has 0 aliphatic carbocycles. The minimum Gasteiger partial charge on any atom is -0.800 e. The third kappa shape index (κ3) is 5.70. The van der Waals surface area contributed by atoms with Gasteiger partial charge in [-0.1, -0.05) is 36.4 Å². The SMILES string of the molecule is CC(C)N(C(C)C)C([S-])[S-].[Ir+3].[c-]1ccccc1-c1nc2ccccc2c2c1sc1ccccc12. The molecule has 0 N–H and O–H groups in total. The van der Waals surface area contributed by atoms with Gasteiger partial charge in [-0.3, -0.25) is 4.98 Å². The Morgan fingerprint density at radius 1 is 0.824 bits per heavy atom. The summed E-state index contributed by atoms with van der Waals surface area (Å²) >= 11 is 11.8. The number of benzene rings is 3. The van der Waals surface area contributed by atoms with Crippen molar-refractivity contribution in [1.29, 1.82) is 0 Å². The van der Waals surface area contributed by atoms with Crippen LogP contribution >= 0.6 is 11.3 Å². The fourth-order valence-corrected chi connectivity index (χ4v) is 6.43. The van der Waals surface area contributed by atoms with E-state index in [1.165, 1.54) is 25.6 Å². The first-order valence-electron chi connectivity index (χ1n) is 11.1. The van der Waals surface area contributed by atoms with E-state index in [1.807, 2.05) is 35.6 Å². The number of nitrogens with zero attached hydrogens (tertiary/aromatic N) is 2. The summed E-state index contributed by atoms with van der Waals surface area (Å²) in [6, 6.07) is 29.3. The molecule has 5 rings (SSSR count). The van der Waals surface area contributed by atoms with Crippen molar-refractivity contribution in [1.82, 2.24) is 9.88 Å². The molecule has 0 aliphatic rings. The number of hydrogen-bond donors (Lipinski definition) is 0. The van der Waals surface area contributed by atoms with Gasteiger partial charge < -0.3 is 30.2 Å². The molecule has 2 heterocycles. The second-order valence-electron chi connectivity index (χ2n) is 8.50. The van der Waals surface area contributed by atoms with Gasteiger partial charge in [-0.05, 0) is 39.8 Å². The van der Waals surface area contributed by atoms with E-state index in [1.54, 1.807) is 0 Å². The van der Waals surface area contributed by atoms with Gasteiger partial charge in [-0.25, -0.2) is 4.71 Å². The predicted molar refractivity (Wildman–Crippen MR) is 150 cm³/mol. The molecule has 0 radical (unpaired) electrons. The van der Waals surface area contributed by atoms with Crippen molar-refractivity contribution in [2.45, 2.75) is 44.5 Å². The van der Waals surface area contributed by atoms with Crippen LogP contribution in [0.25, 0.3) is 42.3 Å². The summed E-state index contributed by atoms with van der Waals surface area (Å²) in [5.74, 6) is 0. The fraction of sp³-hybridized carbons (Fsp3) is 0.250. The minimum absolute atomic E-state index is 0. The van der Waals surface area contributed by atoms with E-state index in [2.05, 4.69) is 87.2 Å². The maximum Gasteiger partial charge on any atom is 3.00 e. The van der Waals surface area contributed by atoms with Crippen LogP contribution in [-0.4, -0.2) is 26.7 Å². The van der Waals surface area contributed by atoms with Gasteiger partial charge in [0.05, 0.1) is 5.52 Å². The molecule has 0 fully saturated rings. The van der Waals surface area contributed by atoms with Crippen LogP contribution in [0.5, 0.6) is 0 Å². The predicted octanol–water partition coefficient (Wildman–Crippen LogP) is 7.55. The van der Waals surface area contributed by atoms with Crippen LogP contribution in [0.1, 0.15) is 27.7 Å². The zero-order valence-corrected chi connectivity index (χ0v) is 24.5. The Labute approximate surface area is 231 Å². The van der Waals surface area contributed by atoms with Crippen molar-refractivity contribution in [3.05, 3.63) is 78.9 Å². The second-order valence-corrected chi connectivity index (χ2v) is 10.7. The fourth-order valence-electron chi connectivity index (χ4n) is 4.24. The van der Waals surface area contributed by atoms with Crippen molar-refractivity contribution >= 4 is 67.7 Å². The summed E-state index contributed by atoms with van der Waals surface area (Å²) < 4.78 is 2.38. The number of hydrogen-bond acceptors (Lipinski definition) is 5. The number of fused-ring (bicyclic) bond motifs is 5. The molecule has 0 saturated heterocycles. The summed E-state index contributed by atoms with van der Waals surface area (Å²) in [6.07, 6.45) is 0. The van der Waals surface area contributed by atoms with Crippen molar-refractivity contribution < 1.29 is 20.1 Å². The van der Waals surface area contributed by atoms with Crippen LogP contribution < -0.4 is 0 Å². The van der Waals surface area contributed by atoms with Crippen LogP contribution in [0.4, 0.5) is 0 Å². The van der Waals surface area contributed by atoms with E-state index in [9.17, 15) is 0 Å². The molecule has 0 unspecified atom stereocenters. The summed E-state index contributed by atoms with van der Waals surface area (Å²) in [5, 5.41) is 3.84. The van der Waals surface area contributed by atoms with Crippen LogP contribution in [0, 0.1) is 6.07 Å². The molecule has 0 bridgehead atoms. The van der Waals surface area contributed by atoms with Gasteiger partial charge >= 0.3 is 20.1 Å². The average molecular weight is 680 g/mol. The zero-order chi connectivity index (χ0) is 23.5. The molecular weight excluding hydrogens is 653 g/mol. The number of para-hydroxylation sites is 1. The maximum atomic E-state index is 4.99. The second kappa shape index (κ2) is 12.0. The standard InChI is InChI=1S/C21H12NS.C7H17NS2.Ir/c1-2-8-14(9-3-1)20-21-19(15-10-4-6-12-17(15)22-20)16-11-5-7-13-18(16)23-21;1-5(2)8(6(3)4)7(9)10;/h1-8,10-13H;5-7,9-10H,1-4H3;/q-1;;+3/p-2. The molecule has 6 heteroatoms. The summed E-state index contributed by atoms with van der Waals surface area (Å²) in [7, 11) is 0. The number of rotatable bonds is 4.